The Morgan fingerprint density at radius 2 is 1.92 bits per heavy atom. The molecule has 1 saturated carbocycles. The van der Waals surface area contributed by atoms with E-state index in [9.17, 15) is 5.11 Å². The molecule has 0 unspecified atom stereocenters. The van der Waals surface area contributed by atoms with Crippen molar-refractivity contribution in [3.05, 3.63) is 0 Å². The highest BCUT2D eigenvalue weighted by atomic mass is 16.7. The number of aliphatic hydroxyl groups is 1. The van der Waals surface area contributed by atoms with Gasteiger partial charge < -0.3 is 14.6 Å². The highest BCUT2D eigenvalue weighted by molar-refractivity contribution is 4.95. The third kappa shape index (κ3) is 1.73. The van der Waals surface area contributed by atoms with Gasteiger partial charge in [0.25, 0.3) is 0 Å². The zero-order valence-corrected chi connectivity index (χ0v) is 8.96. The molecule has 1 fully saturated rings. The maximum Gasteiger partial charge on any atom is 0.170 e. The average molecular weight is 188 g/mol. The van der Waals surface area contributed by atoms with Crippen LogP contribution in [-0.4, -0.2) is 31.7 Å². The summed E-state index contributed by atoms with van der Waals surface area (Å²) < 4.78 is 10.8. The molecule has 1 aliphatic carbocycles. The molecule has 78 valence electrons. The zero-order valence-electron chi connectivity index (χ0n) is 8.96. The largest absolute Gasteiger partial charge is 0.396 e. The van der Waals surface area contributed by atoms with Gasteiger partial charge in [0.15, 0.2) is 5.79 Å². The predicted octanol–water partition coefficient (Wildman–Crippen LogP) is 1.40. The Hall–Kier alpha value is -0.120. The SMILES string of the molecule is COC1(OC)C[C@@](C)(CO)C[C@H]1C. The van der Waals surface area contributed by atoms with Crippen LogP contribution < -0.4 is 0 Å². The van der Waals surface area contributed by atoms with E-state index in [1.807, 2.05) is 0 Å². The molecule has 2 atom stereocenters. The highest BCUT2D eigenvalue weighted by Gasteiger charge is 2.51. The van der Waals surface area contributed by atoms with Crippen LogP contribution in [0, 0.1) is 11.3 Å². The number of rotatable bonds is 3. The second-order valence-corrected chi connectivity index (χ2v) is 4.47. The molecule has 0 spiro atoms. The lowest BCUT2D eigenvalue weighted by Gasteiger charge is -2.31. The van der Waals surface area contributed by atoms with Crippen LogP contribution in [0.2, 0.25) is 0 Å². The van der Waals surface area contributed by atoms with Crippen LogP contribution in [0.5, 0.6) is 0 Å². The molecule has 3 heteroatoms. The van der Waals surface area contributed by atoms with Gasteiger partial charge in [0.2, 0.25) is 0 Å². The van der Waals surface area contributed by atoms with E-state index in [2.05, 4.69) is 13.8 Å². The lowest BCUT2D eigenvalue weighted by atomic mass is 9.89. The minimum absolute atomic E-state index is 0.0502. The summed E-state index contributed by atoms with van der Waals surface area (Å²) in [4.78, 5) is 0. The maximum absolute atomic E-state index is 9.26. The fourth-order valence-electron chi connectivity index (χ4n) is 2.49. The molecule has 0 aromatic rings. The molecule has 3 nitrogen and oxygen atoms in total. The van der Waals surface area contributed by atoms with E-state index in [0.29, 0.717) is 5.92 Å². The Kier molecular flexibility index (Phi) is 3.00. The van der Waals surface area contributed by atoms with E-state index in [1.54, 1.807) is 14.2 Å². The van der Waals surface area contributed by atoms with Crippen molar-refractivity contribution in [3.8, 4) is 0 Å². The first-order chi connectivity index (χ1) is 6.02. The molecule has 0 saturated heterocycles. The molecular formula is C10H20O3. The van der Waals surface area contributed by atoms with Gasteiger partial charge in [-0.25, -0.2) is 0 Å². The Morgan fingerprint density at radius 3 is 2.15 bits per heavy atom. The van der Waals surface area contributed by atoms with Crippen molar-refractivity contribution >= 4 is 0 Å². The monoisotopic (exact) mass is 188 g/mol. The summed E-state index contributed by atoms with van der Waals surface area (Å²) in [6.07, 6.45) is 1.72. The summed E-state index contributed by atoms with van der Waals surface area (Å²) in [5.74, 6) is -0.156. The van der Waals surface area contributed by atoms with Crippen LogP contribution in [-0.2, 0) is 9.47 Å². The van der Waals surface area contributed by atoms with Gasteiger partial charge in [-0.2, -0.15) is 0 Å². The first-order valence-corrected chi connectivity index (χ1v) is 4.73. The van der Waals surface area contributed by atoms with Gasteiger partial charge in [0, 0.05) is 33.2 Å². The molecule has 0 radical (unpaired) electrons. The van der Waals surface area contributed by atoms with Crippen LogP contribution >= 0.6 is 0 Å². The molecule has 0 heterocycles. The lowest BCUT2D eigenvalue weighted by molar-refractivity contribution is -0.227. The van der Waals surface area contributed by atoms with Crippen molar-refractivity contribution in [2.45, 2.75) is 32.5 Å². The minimum Gasteiger partial charge on any atom is -0.396 e. The van der Waals surface area contributed by atoms with Crippen LogP contribution in [0.25, 0.3) is 0 Å². The topological polar surface area (TPSA) is 38.7 Å². The van der Waals surface area contributed by atoms with Crippen LogP contribution in [0.3, 0.4) is 0 Å². The zero-order chi connectivity index (χ0) is 10.1. The summed E-state index contributed by atoms with van der Waals surface area (Å²) in [5.41, 5.74) is -0.0502. The van der Waals surface area contributed by atoms with E-state index in [1.165, 1.54) is 0 Å². The van der Waals surface area contributed by atoms with Gasteiger partial charge >= 0.3 is 0 Å². The standard InChI is InChI=1S/C10H20O3/c1-8-5-9(2,7-11)6-10(8,12-3)13-4/h8,11H,5-7H2,1-4H3/t8-,9+/m1/s1. The van der Waals surface area contributed by atoms with E-state index in [-0.39, 0.29) is 12.0 Å². The molecule has 0 aromatic heterocycles. The molecule has 0 aliphatic heterocycles. The fourth-order valence-corrected chi connectivity index (χ4v) is 2.49. The number of ether oxygens (including phenoxy) is 2. The van der Waals surface area contributed by atoms with Crippen molar-refractivity contribution in [2.75, 3.05) is 20.8 Å². The molecule has 1 N–H and O–H groups in total. The fraction of sp³-hybridized carbons (Fsp3) is 1.00. The predicted molar refractivity (Wildman–Crippen MR) is 50.3 cm³/mol. The number of hydrogen-bond acceptors (Lipinski definition) is 3. The van der Waals surface area contributed by atoms with Crippen molar-refractivity contribution < 1.29 is 14.6 Å². The summed E-state index contributed by atoms with van der Waals surface area (Å²) in [6.45, 7) is 4.38. The number of aliphatic hydroxyl groups excluding tert-OH is 1. The summed E-state index contributed by atoms with van der Waals surface area (Å²) in [5, 5.41) is 9.26. The summed E-state index contributed by atoms with van der Waals surface area (Å²) in [7, 11) is 3.34. The van der Waals surface area contributed by atoms with E-state index >= 15 is 0 Å². The van der Waals surface area contributed by atoms with Crippen molar-refractivity contribution in [3.63, 3.8) is 0 Å². The second-order valence-electron chi connectivity index (χ2n) is 4.47. The Bertz CT molecular complexity index is 177. The Balaban J connectivity index is 2.80. The molecule has 1 rings (SSSR count). The van der Waals surface area contributed by atoms with Gasteiger partial charge in [-0.3, -0.25) is 0 Å². The molecule has 13 heavy (non-hydrogen) atoms. The normalized spacial score (nSPS) is 38.1. The summed E-state index contributed by atoms with van der Waals surface area (Å²) >= 11 is 0. The first-order valence-electron chi connectivity index (χ1n) is 4.73. The third-order valence-corrected chi connectivity index (χ3v) is 3.30. The molecular weight excluding hydrogens is 168 g/mol. The Morgan fingerprint density at radius 1 is 1.38 bits per heavy atom. The molecule has 0 aromatic carbocycles. The van der Waals surface area contributed by atoms with Gasteiger partial charge in [0.05, 0.1) is 0 Å². The number of hydrogen-bond donors (Lipinski definition) is 1. The second kappa shape index (κ2) is 3.56. The van der Waals surface area contributed by atoms with Crippen LogP contribution in [0.15, 0.2) is 0 Å². The lowest BCUT2D eigenvalue weighted by Crippen LogP contribution is -2.37. The van der Waals surface area contributed by atoms with Crippen LogP contribution in [0.1, 0.15) is 26.7 Å². The average Bonchev–Trinajstić information content (AvgIpc) is 2.39. The van der Waals surface area contributed by atoms with Gasteiger partial charge in [-0.05, 0) is 11.8 Å². The van der Waals surface area contributed by atoms with Crippen molar-refractivity contribution in [1.29, 1.82) is 0 Å². The molecule has 0 bridgehead atoms. The minimum atomic E-state index is -0.489. The molecule has 1 aliphatic rings. The van der Waals surface area contributed by atoms with E-state index in [0.717, 1.165) is 12.8 Å². The third-order valence-electron chi connectivity index (χ3n) is 3.30. The summed E-state index contributed by atoms with van der Waals surface area (Å²) in [6, 6.07) is 0. The van der Waals surface area contributed by atoms with E-state index in [4.69, 9.17) is 9.47 Å². The number of methoxy groups -OCH3 is 2. The van der Waals surface area contributed by atoms with Crippen molar-refractivity contribution in [1.82, 2.24) is 0 Å². The van der Waals surface area contributed by atoms with Crippen LogP contribution in [0.4, 0.5) is 0 Å². The maximum atomic E-state index is 9.26. The highest BCUT2D eigenvalue weighted by Crippen LogP contribution is 2.49. The van der Waals surface area contributed by atoms with E-state index < -0.39 is 5.79 Å². The van der Waals surface area contributed by atoms with Gasteiger partial charge in [0.1, 0.15) is 0 Å². The Labute approximate surface area is 80.0 Å². The smallest absolute Gasteiger partial charge is 0.170 e. The quantitative estimate of drug-likeness (QED) is 0.680. The van der Waals surface area contributed by atoms with Crippen molar-refractivity contribution in [2.24, 2.45) is 11.3 Å². The van der Waals surface area contributed by atoms with Gasteiger partial charge in [-0.15, -0.1) is 0 Å². The molecule has 0 amide bonds. The first kappa shape index (κ1) is 11.0. The van der Waals surface area contributed by atoms with Gasteiger partial charge in [-0.1, -0.05) is 13.8 Å².